The van der Waals surface area contributed by atoms with Crippen LogP contribution in [0.4, 0.5) is 5.69 Å². The zero-order valence-corrected chi connectivity index (χ0v) is 14.5. The molecule has 1 unspecified atom stereocenters. The molecule has 0 bridgehead atoms. The standard InChI is InChI=1S/C17H22N4O2S/c1-14(12-16-13-18-8-9-19-16)20-15-4-6-17(7-5-15)24(22,23)21-10-2-3-11-21/h4-9,13-14,20H,2-3,10-12H2,1H3. The first-order valence-electron chi connectivity index (χ1n) is 8.17. The van der Waals surface area contributed by atoms with Crippen LogP contribution >= 0.6 is 0 Å². The second kappa shape index (κ2) is 7.27. The van der Waals surface area contributed by atoms with Gasteiger partial charge < -0.3 is 5.32 Å². The van der Waals surface area contributed by atoms with Crippen molar-refractivity contribution in [3.8, 4) is 0 Å². The van der Waals surface area contributed by atoms with Crippen LogP contribution in [0.25, 0.3) is 0 Å². The Labute approximate surface area is 143 Å². The van der Waals surface area contributed by atoms with E-state index in [0.29, 0.717) is 18.0 Å². The number of hydrogen-bond acceptors (Lipinski definition) is 5. The van der Waals surface area contributed by atoms with Gasteiger partial charge in [-0.2, -0.15) is 4.31 Å². The largest absolute Gasteiger partial charge is 0.382 e. The van der Waals surface area contributed by atoms with E-state index in [4.69, 9.17) is 0 Å². The van der Waals surface area contributed by atoms with Crippen molar-refractivity contribution in [2.45, 2.75) is 37.1 Å². The smallest absolute Gasteiger partial charge is 0.243 e. The van der Waals surface area contributed by atoms with Gasteiger partial charge in [0.15, 0.2) is 0 Å². The molecular formula is C17H22N4O2S. The molecule has 6 nitrogen and oxygen atoms in total. The van der Waals surface area contributed by atoms with Crippen LogP contribution < -0.4 is 5.32 Å². The number of aromatic nitrogens is 2. The summed E-state index contributed by atoms with van der Waals surface area (Å²) in [6.45, 7) is 3.30. The predicted molar refractivity (Wildman–Crippen MR) is 93.3 cm³/mol. The third kappa shape index (κ3) is 3.91. The molecule has 1 atom stereocenters. The summed E-state index contributed by atoms with van der Waals surface area (Å²) in [7, 11) is -3.35. The summed E-state index contributed by atoms with van der Waals surface area (Å²) in [6, 6.07) is 7.14. The van der Waals surface area contributed by atoms with Gasteiger partial charge in [-0.05, 0) is 44.0 Å². The van der Waals surface area contributed by atoms with Gasteiger partial charge >= 0.3 is 0 Å². The number of anilines is 1. The number of sulfonamides is 1. The molecule has 1 aromatic carbocycles. The molecule has 3 rings (SSSR count). The summed E-state index contributed by atoms with van der Waals surface area (Å²) in [5.41, 5.74) is 1.82. The zero-order chi connectivity index (χ0) is 17.0. The lowest BCUT2D eigenvalue weighted by molar-refractivity contribution is 0.477. The molecule has 0 saturated carbocycles. The Bertz CT molecular complexity index is 757. The monoisotopic (exact) mass is 346 g/mol. The first kappa shape index (κ1) is 16.9. The second-order valence-corrected chi connectivity index (χ2v) is 8.02. The Morgan fingerprint density at radius 3 is 2.50 bits per heavy atom. The normalized spacial score (nSPS) is 16.9. The number of hydrogen-bond donors (Lipinski definition) is 1. The molecule has 2 aromatic rings. The molecule has 1 aliphatic heterocycles. The molecule has 1 aromatic heterocycles. The fourth-order valence-corrected chi connectivity index (χ4v) is 4.40. The number of benzene rings is 1. The van der Waals surface area contributed by atoms with Crippen LogP contribution in [0.15, 0.2) is 47.8 Å². The lowest BCUT2D eigenvalue weighted by Gasteiger charge is -2.17. The Morgan fingerprint density at radius 2 is 1.88 bits per heavy atom. The van der Waals surface area contributed by atoms with Crippen molar-refractivity contribution in [2.24, 2.45) is 0 Å². The van der Waals surface area contributed by atoms with Crippen molar-refractivity contribution in [1.29, 1.82) is 0 Å². The van der Waals surface area contributed by atoms with E-state index in [1.807, 2.05) is 12.1 Å². The molecule has 0 amide bonds. The van der Waals surface area contributed by atoms with E-state index >= 15 is 0 Å². The zero-order valence-electron chi connectivity index (χ0n) is 13.7. The fourth-order valence-electron chi connectivity index (χ4n) is 2.89. The van der Waals surface area contributed by atoms with Crippen LogP contribution in [0.2, 0.25) is 0 Å². The van der Waals surface area contributed by atoms with Crippen molar-refractivity contribution in [3.05, 3.63) is 48.5 Å². The van der Waals surface area contributed by atoms with E-state index < -0.39 is 10.0 Å². The highest BCUT2D eigenvalue weighted by molar-refractivity contribution is 7.89. The number of nitrogens with one attached hydrogen (secondary N) is 1. The third-order valence-corrected chi connectivity index (χ3v) is 6.02. The van der Waals surface area contributed by atoms with Gasteiger partial charge in [0, 0.05) is 49.8 Å². The maximum Gasteiger partial charge on any atom is 0.243 e. The molecule has 1 aliphatic rings. The Hall–Kier alpha value is -1.99. The highest BCUT2D eigenvalue weighted by atomic mass is 32.2. The Balaban J connectivity index is 1.64. The average molecular weight is 346 g/mol. The summed E-state index contributed by atoms with van der Waals surface area (Å²) in [4.78, 5) is 8.68. The van der Waals surface area contributed by atoms with Crippen LogP contribution in [0.5, 0.6) is 0 Å². The van der Waals surface area contributed by atoms with Crippen molar-refractivity contribution in [3.63, 3.8) is 0 Å². The lowest BCUT2D eigenvalue weighted by atomic mass is 10.2. The molecular weight excluding hydrogens is 324 g/mol. The van der Waals surface area contributed by atoms with Crippen molar-refractivity contribution in [1.82, 2.24) is 14.3 Å². The van der Waals surface area contributed by atoms with Crippen LogP contribution in [0.1, 0.15) is 25.5 Å². The highest BCUT2D eigenvalue weighted by Crippen LogP contribution is 2.22. The topological polar surface area (TPSA) is 75.2 Å². The molecule has 7 heteroatoms. The first-order chi connectivity index (χ1) is 11.6. The molecule has 0 spiro atoms. The number of rotatable bonds is 6. The van der Waals surface area contributed by atoms with Crippen molar-refractivity contribution in [2.75, 3.05) is 18.4 Å². The summed E-state index contributed by atoms with van der Waals surface area (Å²) >= 11 is 0. The van der Waals surface area contributed by atoms with Crippen LogP contribution in [0.3, 0.4) is 0 Å². The predicted octanol–water partition coefficient (Wildman–Crippen LogP) is 2.30. The molecule has 1 fully saturated rings. The maximum atomic E-state index is 12.5. The van der Waals surface area contributed by atoms with Gasteiger partial charge in [0.05, 0.1) is 10.6 Å². The van der Waals surface area contributed by atoms with Crippen molar-refractivity contribution >= 4 is 15.7 Å². The summed E-state index contributed by atoms with van der Waals surface area (Å²) in [6.07, 6.45) is 7.73. The van der Waals surface area contributed by atoms with E-state index in [1.165, 1.54) is 0 Å². The summed E-state index contributed by atoms with van der Waals surface area (Å²) in [5.74, 6) is 0. The Kier molecular flexibility index (Phi) is 5.11. The maximum absolute atomic E-state index is 12.5. The van der Waals surface area contributed by atoms with Gasteiger partial charge in [0.25, 0.3) is 0 Å². The third-order valence-electron chi connectivity index (χ3n) is 4.10. The van der Waals surface area contributed by atoms with Crippen LogP contribution in [0, 0.1) is 0 Å². The minimum absolute atomic E-state index is 0.169. The second-order valence-electron chi connectivity index (χ2n) is 6.08. The van der Waals surface area contributed by atoms with Crippen LogP contribution in [-0.4, -0.2) is 41.8 Å². The van der Waals surface area contributed by atoms with Gasteiger partial charge in [-0.25, -0.2) is 8.42 Å². The quantitative estimate of drug-likeness (QED) is 0.869. The van der Waals surface area contributed by atoms with E-state index in [0.717, 1.165) is 30.6 Å². The van der Waals surface area contributed by atoms with E-state index in [9.17, 15) is 8.42 Å². The average Bonchev–Trinajstić information content (AvgIpc) is 3.11. The summed E-state index contributed by atoms with van der Waals surface area (Å²) in [5, 5.41) is 3.36. The van der Waals surface area contributed by atoms with Crippen molar-refractivity contribution < 1.29 is 8.42 Å². The SMILES string of the molecule is CC(Cc1cnccn1)Nc1ccc(S(=O)(=O)N2CCCC2)cc1. The number of nitrogens with zero attached hydrogens (tertiary/aromatic N) is 3. The molecule has 1 saturated heterocycles. The minimum Gasteiger partial charge on any atom is -0.382 e. The van der Waals surface area contributed by atoms with Gasteiger partial charge in [0.2, 0.25) is 10.0 Å². The molecule has 0 radical (unpaired) electrons. The van der Waals surface area contributed by atoms with E-state index in [-0.39, 0.29) is 6.04 Å². The molecule has 2 heterocycles. The highest BCUT2D eigenvalue weighted by Gasteiger charge is 2.26. The van der Waals surface area contributed by atoms with Gasteiger partial charge in [-0.15, -0.1) is 0 Å². The van der Waals surface area contributed by atoms with E-state index in [1.54, 1.807) is 35.0 Å². The van der Waals surface area contributed by atoms with Gasteiger partial charge in [-0.1, -0.05) is 0 Å². The molecule has 24 heavy (non-hydrogen) atoms. The Morgan fingerprint density at radius 1 is 1.17 bits per heavy atom. The van der Waals surface area contributed by atoms with Gasteiger partial charge in [-0.3, -0.25) is 9.97 Å². The fraction of sp³-hybridized carbons (Fsp3) is 0.412. The van der Waals surface area contributed by atoms with E-state index in [2.05, 4.69) is 22.2 Å². The molecule has 0 aliphatic carbocycles. The van der Waals surface area contributed by atoms with Crippen LogP contribution in [-0.2, 0) is 16.4 Å². The molecule has 128 valence electrons. The lowest BCUT2D eigenvalue weighted by Crippen LogP contribution is -2.27. The first-order valence-corrected chi connectivity index (χ1v) is 9.61. The molecule has 1 N–H and O–H groups in total. The summed E-state index contributed by atoms with van der Waals surface area (Å²) < 4.78 is 26.6. The van der Waals surface area contributed by atoms with Gasteiger partial charge in [0.1, 0.15) is 0 Å². The minimum atomic E-state index is -3.35.